The molecule has 1 aliphatic heterocycles. The van der Waals surface area contributed by atoms with Crippen molar-refractivity contribution in [1.82, 2.24) is 5.32 Å². The van der Waals surface area contributed by atoms with Crippen LogP contribution in [0.5, 0.6) is 0 Å². The average molecular weight is 1350 g/mol. The second-order valence-corrected chi connectivity index (χ2v) is 30.0. The highest BCUT2D eigenvalue weighted by Gasteiger charge is 2.80. The van der Waals surface area contributed by atoms with Crippen molar-refractivity contribution in [2.24, 2.45) is 57.2 Å². The molecule has 2 amide bonds. The molecule has 0 aromatic heterocycles. The molecule has 21 atom stereocenters. The number of Topliss-reactive ketones (excluding diaryl/α,β-unsaturated/α-hetero) is 2. The summed E-state index contributed by atoms with van der Waals surface area (Å²) < 4.78 is 85.9. The topological polar surface area (TPSA) is 281 Å². The van der Waals surface area contributed by atoms with E-state index < -0.39 is 160 Å². The van der Waals surface area contributed by atoms with Crippen LogP contribution in [0.25, 0.3) is 0 Å². The molecule has 17 nitrogen and oxygen atoms in total. The van der Waals surface area contributed by atoms with Gasteiger partial charge in [0.05, 0.1) is 30.3 Å². The molecule has 522 valence electrons. The van der Waals surface area contributed by atoms with Crippen LogP contribution in [-0.2, 0) is 55.8 Å². The number of ketones is 4. The molecule has 6 saturated carbocycles. The van der Waals surface area contributed by atoms with E-state index in [0.717, 1.165) is 34.4 Å². The molecule has 0 unspecified atom stereocenters. The average Bonchev–Trinajstić information content (AvgIpc) is 1.39. The minimum atomic E-state index is -2.34. The van der Waals surface area contributed by atoms with Crippen LogP contribution >= 0.6 is 0 Å². The molecule has 1 heterocycles. The summed E-state index contributed by atoms with van der Waals surface area (Å²) in [6, 6.07) is 28.9. The molecule has 98 heavy (non-hydrogen) atoms. The summed E-state index contributed by atoms with van der Waals surface area (Å²) >= 11 is 0. The Morgan fingerprint density at radius 1 is 0.673 bits per heavy atom. The Balaban J connectivity index is 0.000000190. The Bertz CT molecular complexity index is 3960. The first-order valence-corrected chi connectivity index (χ1v) is 33.9. The lowest BCUT2D eigenvalue weighted by Gasteiger charge is -2.63. The number of amides is 2. The van der Waals surface area contributed by atoms with Gasteiger partial charge in [-0.1, -0.05) is 113 Å². The van der Waals surface area contributed by atoms with Crippen molar-refractivity contribution >= 4 is 46.3 Å². The molecule has 13 rings (SSSR count). The van der Waals surface area contributed by atoms with Gasteiger partial charge in [-0.05, 0) is 171 Å². The summed E-state index contributed by atoms with van der Waals surface area (Å²) in [5, 5.41) is 60.2. The van der Waals surface area contributed by atoms with E-state index in [1.807, 2.05) is 78.9 Å². The van der Waals surface area contributed by atoms with Crippen LogP contribution in [-0.4, -0.2) is 133 Å². The fourth-order valence-corrected chi connectivity index (χ4v) is 19.2. The number of nitrogens with two attached hydrogens (primary N) is 1. The highest BCUT2D eigenvalue weighted by molar-refractivity contribution is 6.02. The largest absolute Gasteiger partial charge is 0.399 e. The van der Waals surface area contributed by atoms with E-state index in [0.29, 0.717) is 35.3 Å². The molecule has 4 aromatic rings. The number of allylic oxidation sites excluding steroid dienone is 8. The Morgan fingerprint density at radius 3 is 1.79 bits per heavy atom. The molecular formula is C77H87F4N3O14. The second-order valence-electron chi connectivity index (χ2n) is 30.0. The van der Waals surface area contributed by atoms with E-state index in [-0.39, 0.29) is 67.4 Å². The first kappa shape index (κ1) is 70.5. The minimum Gasteiger partial charge on any atom is -0.399 e. The summed E-state index contributed by atoms with van der Waals surface area (Å²) in [5.74, 6) is -7.11. The number of rotatable bonds is 16. The van der Waals surface area contributed by atoms with Crippen LogP contribution in [0.3, 0.4) is 0 Å². The third-order valence-corrected chi connectivity index (χ3v) is 24.1. The van der Waals surface area contributed by atoms with Gasteiger partial charge in [-0.15, -0.1) is 0 Å². The molecule has 8 aliphatic carbocycles. The highest BCUT2D eigenvalue weighted by Crippen LogP contribution is 2.74. The number of alkyl halides is 4. The van der Waals surface area contributed by atoms with Crippen LogP contribution in [0.1, 0.15) is 133 Å². The number of halogens is 4. The van der Waals surface area contributed by atoms with Gasteiger partial charge in [0.15, 0.2) is 52.7 Å². The number of aliphatic hydroxyl groups excluding tert-OH is 5. The molecule has 4 aromatic carbocycles. The lowest BCUT2D eigenvalue weighted by atomic mass is 9.44. The van der Waals surface area contributed by atoms with Crippen molar-refractivity contribution in [2.45, 2.75) is 172 Å². The van der Waals surface area contributed by atoms with Crippen molar-refractivity contribution in [2.75, 3.05) is 24.3 Å². The van der Waals surface area contributed by atoms with Crippen LogP contribution in [0.15, 0.2) is 145 Å². The van der Waals surface area contributed by atoms with Gasteiger partial charge in [0.2, 0.25) is 11.8 Å². The molecule has 0 bridgehead atoms. The predicted molar refractivity (Wildman–Crippen MR) is 354 cm³/mol. The van der Waals surface area contributed by atoms with Crippen molar-refractivity contribution in [3.05, 3.63) is 178 Å². The zero-order valence-corrected chi connectivity index (χ0v) is 55.9. The maximum atomic E-state index is 17.6. The number of ether oxygens (including phenoxy) is 3. The number of hydrogen-bond acceptors (Lipinski definition) is 15. The number of carbonyl (C=O) groups excluding carboxylic acids is 6. The normalized spacial score (nSPS) is 37.6. The smallest absolute Gasteiger partial charge is 0.246 e. The standard InChI is InChI=1S/C42H50F2N2O8.C35H37F2NO6/c1-22(2)37(51)45-23(3)38(52)46-27-8-6-7-25(16-27)15-24-9-11-26(12-10-24)39(53)54-34-19-29-30-18-32(43)31-17-28(48)13-14-41(31,5)42(30,44)35(50)20-40(29,4)36(34)33(49)21-47;1-32-11-10-23(40)14-26(32)27(36)15-25-24-16-30-35(29(42)18-39,33(24,2)17-28(41)34(25,32)37)44-31(43-30)21-8-6-19(7-9-21)12-20-4-3-5-22(38)13-20/h6-14,16-17,22-23,29-30,32,34-36,39,47,50,53H,15,18-21H2,1-5H3,(H,45,51)(H,46,52);3-11,13-14,24-25,27-28,30-31,39,41H,12,15-18,38H2,1-2H3/t23-,29-,30-,32-,34+,35-,36-,39-,40-,41-,42-;24-,25-,27-,28-,30+,31+,32-,33-,34-,35+/m00/s1. The molecule has 0 spiro atoms. The van der Waals surface area contributed by atoms with Crippen LogP contribution in [0, 0.1) is 57.2 Å². The van der Waals surface area contributed by atoms with E-state index in [4.69, 9.17) is 19.9 Å². The molecule has 7 fully saturated rings. The molecular weight excluding hydrogens is 1270 g/mol. The Kier molecular flexibility index (Phi) is 18.7. The van der Waals surface area contributed by atoms with E-state index in [1.165, 1.54) is 38.2 Å². The summed E-state index contributed by atoms with van der Waals surface area (Å²) in [4.78, 5) is 76.0. The molecule has 21 heteroatoms. The number of nitrogens with one attached hydrogen (secondary N) is 2. The maximum Gasteiger partial charge on any atom is 0.246 e. The van der Waals surface area contributed by atoms with Crippen LogP contribution in [0.2, 0.25) is 0 Å². The zero-order chi connectivity index (χ0) is 70.6. The van der Waals surface area contributed by atoms with Crippen molar-refractivity contribution < 1.29 is 86.1 Å². The summed E-state index contributed by atoms with van der Waals surface area (Å²) in [6.45, 7) is 10.0. The van der Waals surface area contributed by atoms with Crippen molar-refractivity contribution in [3.63, 3.8) is 0 Å². The Morgan fingerprint density at radius 2 is 1.22 bits per heavy atom. The zero-order valence-electron chi connectivity index (χ0n) is 55.9. The van der Waals surface area contributed by atoms with Gasteiger partial charge < -0.3 is 56.1 Å². The van der Waals surface area contributed by atoms with Gasteiger partial charge in [-0.25, -0.2) is 17.6 Å². The van der Waals surface area contributed by atoms with Crippen molar-refractivity contribution in [3.8, 4) is 0 Å². The number of fused-ring (bicyclic) bond motifs is 12. The van der Waals surface area contributed by atoms with E-state index in [1.54, 1.807) is 52.8 Å². The molecule has 1 saturated heterocycles. The summed E-state index contributed by atoms with van der Waals surface area (Å²) in [7, 11) is 0. The van der Waals surface area contributed by atoms with E-state index >= 15 is 17.6 Å². The molecule has 9 N–H and O–H groups in total. The fraction of sp³-hybridized carbons (Fsp3) is 0.506. The van der Waals surface area contributed by atoms with Gasteiger partial charge in [0.25, 0.3) is 0 Å². The van der Waals surface area contributed by atoms with Gasteiger partial charge in [0, 0.05) is 56.5 Å². The molecule has 9 aliphatic rings. The van der Waals surface area contributed by atoms with Gasteiger partial charge in [-0.2, -0.15) is 0 Å². The Hall–Kier alpha value is -7.34. The number of nitrogen functional groups attached to an aromatic ring is 1. The SMILES string of the molecule is CC(C)C(=O)N[C@@H](C)C(=O)Nc1cccc(Cc2ccc([C@@H](O)O[C@@H]3C[C@H]4[C@@H]5C[C@H](F)C6=CC(=O)C=C[C@]6(C)[C@@]5(F)[C@@H](O)C[C@]4(C)[C@H]3C(=O)CO)cc2)c1.C[C@]12C=CC(=O)C=C1[C@@H](F)C[C@H]1[C@@H]3C[C@H]4O[C@@H](c5ccc(Cc6cccc(N)c6)cc5)O[C@@]4(C(=O)CO)[C@@]3(C)C[C@H](O)[C@@]12F. The van der Waals surface area contributed by atoms with Crippen LogP contribution < -0.4 is 16.4 Å². The summed E-state index contributed by atoms with van der Waals surface area (Å²) in [5.41, 5.74) is 0.552. The summed E-state index contributed by atoms with van der Waals surface area (Å²) in [6.07, 6.45) is -2.60. The fourth-order valence-electron chi connectivity index (χ4n) is 19.2. The number of benzene rings is 4. The lowest BCUT2D eigenvalue weighted by Crippen LogP contribution is -2.70. The second kappa shape index (κ2) is 26.0. The van der Waals surface area contributed by atoms with Gasteiger partial charge in [0.1, 0.15) is 31.6 Å². The molecule has 0 radical (unpaired) electrons. The van der Waals surface area contributed by atoms with Crippen LogP contribution in [0.4, 0.5) is 28.9 Å². The first-order valence-electron chi connectivity index (χ1n) is 33.9. The minimum absolute atomic E-state index is 0.00182. The number of anilines is 2. The number of hydrogen-bond donors (Lipinski definition) is 8. The van der Waals surface area contributed by atoms with Crippen molar-refractivity contribution in [1.29, 1.82) is 0 Å². The number of aliphatic hydroxyl groups is 5. The maximum absolute atomic E-state index is 17.6. The number of carbonyl (C=O) groups is 6. The lowest BCUT2D eigenvalue weighted by molar-refractivity contribution is -0.235. The quantitative estimate of drug-likeness (QED) is 0.0295. The monoisotopic (exact) mass is 1350 g/mol. The first-order chi connectivity index (χ1) is 46.3. The third-order valence-electron chi connectivity index (χ3n) is 24.1. The highest BCUT2D eigenvalue weighted by atomic mass is 19.2. The van der Waals surface area contributed by atoms with E-state index in [2.05, 4.69) is 10.6 Å². The van der Waals surface area contributed by atoms with Gasteiger partial charge in [-0.3, -0.25) is 28.8 Å². The van der Waals surface area contributed by atoms with E-state index in [9.17, 15) is 54.3 Å². The predicted octanol–water partition coefficient (Wildman–Crippen LogP) is 9.36. The van der Waals surface area contributed by atoms with Gasteiger partial charge >= 0.3 is 0 Å². The Labute approximate surface area is 567 Å². The third kappa shape index (κ3) is 11.4.